The van der Waals surface area contributed by atoms with Crippen molar-refractivity contribution in [3.05, 3.63) is 69.6 Å². The third-order valence-corrected chi connectivity index (χ3v) is 5.24. The van der Waals surface area contributed by atoms with E-state index in [0.29, 0.717) is 5.65 Å². The Bertz CT molecular complexity index is 1190. The third-order valence-electron chi connectivity index (χ3n) is 4.29. The maximum atomic E-state index is 12.7. The molecule has 0 amide bonds. The maximum absolute atomic E-state index is 12.7. The van der Waals surface area contributed by atoms with Crippen LogP contribution in [0.2, 0.25) is 0 Å². The first-order valence-corrected chi connectivity index (χ1v) is 9.40. The smallest absolute Gasteiger partial charge is 0.345 e. The van der Waals surface area contributed by atoms with E-state index in [0.717, 1.165) is 27.3 Å². The Kier molecular flexibility index (Phi) is 4.37. The van der Waals surface area contributed by atoms with Crippen LogP contribution >= 0.6 is 11.3 Å². The first-order chi connectivity index (χ1) is 13.1. The Hall–Kier alpha value is -3.19. The summed E-state index contributed by atoms with van der Waals surface area (Å²) in [7, 11) is 0. The molecule has 0 spiro atoms. The summed E-state index contributed by atoms with van der Waals surface area (Å²) >= 11 is 1.59. The SMILES string of the molecule is CCOC(=O)c1cnc2c(-c3cc(-c4ccccc4)cs3)c(C)[nH]n2c1=O. The maximum Gasteiger partial charge on any atom is 0.345 e. The monoisotopic (exact) mass is 379 g/mol. The zero-order valence-corrected chi connectivity index (χ0v) is 15.7. The minimum atomic E-state index is -0.666. The van der Waals surface area contributed by atoms with Gasteiger partial charge in [0, 0.05) is 16.8 Å². The number of carbonyl (C=O) groups excluding carboxylic acids is 1. The van der Waals surface area contributed by atoms with Crippen LogP contribution in [-0.2, 0) is 4.74 Å². The second kappa shape index (κ2) is 6.85. The highest BCUT2D eigenvalue weighted by Crippen LogP contribution is 2.35. The molecule has 3 heterocycles. The van der Waals surface area contributed by atoms with Gasteiger partial charge in [-0.2, -0.15) is 0 Å². The van der Waals surface area contributed by atoms with E-state index in [4.69, 9.17) is 4.74 Å². The normalized spacial score (nSPS) is 11.0. The van der Waals surface area contributed by atoms with Crippen LogP contribution in [0, 0.1) is 6.92 Å². The van der Waals surface area contributed by atoms with Gasteiger partial charge in [-0.1, -0.05) is 30.3 Å². The minimum absolute atomic E-state index is 0.0849. The number of rotatable bonds is 4. The lowest BCUT2D eigenvalue weighted by Crippen LogP contribution is -2.24. The lowest BCUT2D eigenvalue weighted by molar-refractivity contribution is 0.0523. The fourth-order valence-electron chi connectivity index (χ4n) is 3.02. The Labute approximate surface area is 159 Å². The topological polar surface area (TPSA) is 76.5 Å². The van der Waals surface area contributed by atoms with Crippen molar-refractivity contribution in [1.29, 1.82) is 0 Å². The summed E-state index contributed by atoms with van der Waals surface area (Å²) in [5, 5.41) is 5.10. The number of aromatic amines is 1. The van der Waals surface area contributed by atoms with Gasteiger partial charge >= 0.3 is 5.97 Å². The van der Waals surface area contributed by atoms with Gasteiger partial charge in [0.15, 0.2) is 5.65 Å². The molecule has 0 aliphatic rings. The van der Waals surface area contributed by atoms with Gasteiger partial charge in [-0.3, -0.25) is 9.89 Å². The van der Waals surface area contributed by atoms with Crippen LogP contribution in [-0.4, -0.2) is 27.2 Å². The molecule has 0 atom stereocenters. The van der Waals surface area contributed by atoms with Crippen LogP contribution in [0.25, 0.3) is 27.2 Å². The minimum Gasteiger partial charge on any atom is -0.462 e. The molecule has 0 aliphatic carbocycles. The van der Waals surface area contributed by atoms with Crippen molar-refractivity contribution in [2.45, 2.75) is 13.8 Å². The van der Waals surface area contributed by atoms with E-state index >= 15 is 0 Å². The highest BCUT2D eigenvalue weighted by Gasteiger charge is 2.20. The summed E-state index contributed by atoms with van der Waals surface area (Å²) in [4.78, 5) is 30.0. The van der Waals surface area contributed by atoms with E-state index in [1.54, 1.807) is 18.3 Å². The predicted molar refractivity (Wildman–Crippen MR) is 105 cm³/mol. The number of nitrogens with one attached hydrogen (secondary N) is 1. The van der Waals surface area contributed by atoms with Crippen molar-refractivity contribution >= 4 is 23.0 Å². The molecule has 1 N–H and O–H groups in total. The second-order valence-corrected chi connectivity index (χ2v) is 6.95. The molecule has 4 rings (SSSR count). The van der Waals surface area contributed by atoms with Crippen LogP contribution in [0.15, 0.2) is 52.8 Å². The number of hydrogen-bond donors (Lipinski definition) is 1. The second-order valence-electron chi connectivity index (χ2n) is 6.03. The van der Waals surface area contributed by atoms with Crippen molar-refractivity contribution in [2.24, 2.45) is 0 Å². The van der Waals surface area contributed by atoms with Gasteiger partial charge in [0.05, 0.1) is 12.2 Å². The summed E-state index contributed by atoms with van der Waals surface area (Å²) in [5.41, 5.74) is 3.85. The van der Waals surface area contributed by atoms with Crippen LogP contribution in [0.5, 0.6) is 0 Å². The molecule has 7 heteroatoms. The van der Waals surface area contributed by atoms with E-state index in [9.17, 15) is 9.59 Å². The molecule has 0 fully saturated rings. The van der Waals surface area contributed by atoms with E-state index in [1.165, 1.54) is 10.7 Å². The number of thiophene rings is 1. The summed E-state index contributed by atoms with van der Waals surface area (Å²) in [6.07, 6.45) is 1.29. The number of hydrogen-bond acceptors (Lipinski definition) is 5. The molecular weight excluding hydrogens is 362 g/mol. The Balaban J connectivity index is 1.83. The number of H-pyrrole nitrogens is 1. The summed E-state index contributed by atoms with van der Waals surface area (Å²) in [6, 6.07) is 12.2. The molecule has 0 radical (unpaired) electrons. The molecular formula is C20H17N3O3S. The molecule has 27 heavy (non-hydrogen) atoms. The van der Waals surface area contributed by atoms with Gasteiger partial charge in [-0.15, -0.1) is 11.3 Å². The highest BCUT2D eigenvalue weighted by molar-refractivity contribution is 7.14. The summed E-state index contributed by atoms with van der Waals surface area (Å²) < 4.78 is 6.23. The first kappa shape index (κ1) is 17.2. The summed E-state index contributed by atoms with van der Waals surface area (Å²) in [5.74, 6) is -0.666. The zero-order valence-electron chi connectivity index (χ0n) is 14.9. The number of benzene rings is 1. The Morgan fingerprint density at radius 3 is 2.78 bits per heavy atom. The van der Waals surface area contributed by atoms with Crippen LogP contribution in [0.3, 0.4) is 0 Å². The molecule has 0 saturated heterocycles. The average Bonchev–Trinajstić information content (AvgIpc) is 3.27. The van der Waals surface area contributed by atoms with Crippen LogP contribution in [0.4, 0.5) is 0 Å². The fraction of sp³-hybridized carbons (Fsp3) is 0.150. The summed E-state index contributed by atoms with van der Waals surface area (Å²) in [6.45, 7) is 3.78. The van der Waals surface area contributed by atoms with Gasteiger partial charge in [-0.05, 0) is 36.4 Å². The predicted octanol–water partition coefficient (Wildman–Crippen LogP) is 3.90. The van der Waals surface area contributed by atoms with Gasteiger partial charge in [0.2, 0.25) is 0 Å². The molecule has 0 unspecified atom stereocenters. The first-order valence-electron chi connectivity index (χ1n) is 8.52. The molecule has 3 aromatic heterocycles. The van der Waals surface area contributed by atoms with E-state index in [2.05, 4.69) is 33.7 Å². The van der Waals surface area contributed by atoms with Gasteiger partial charge in [-0.25, -0.2) is 14.3 Å². The molecule has 136 valence electrons. The molecule has 0 saturated carbocycles. The number of nitrogens with zero attached hydrogens (tertiary/aromatic N) is 2. The Morgan fingerprint density at radius 1 is 1.26 bits per heavy atom. The molecule has 0 aliphatic heterocycles. The van der Waals surface area contributed by atoms with Crippen molar-refractivity contribution in [2.75, 3.05) is 6.61 Å². The van der Waals surface area contributed by atoms with Gasteiger partial charge in [0.1, 0.15) is 5.56 Å². The number of esters is 1. The lowest BCUT2D eigenvalue weighted by atomic mass is 10.1. The van der Waals surface area contributed by atoms with Crippen molar-refractivity contribution in [1.82, 2.24) is 14.6 Å². The largest absolute Gasteiger partial charge is 0.462 e. The molecule has 1 aromatic carbocycles. The molecule has 4 aromatic rings. The number of ether oxygens (including phenoxy) is 1. The quantitative estimate of drug-likeness (QED) is 0.546. The number of aryl methyl sites for hydroxylation is 1. The van der Waals surface area contributed by atoms with Crippen LogP contribution < -0.4 is 5.56 Å². The van der Waals surface area contributed by atoms with Crippen molar-refractivity contribution < 1.29 is 9.53 Å². The highest BCUT2D eigenvalue weighted by atomic mass is 32.1. The van der Waals surface area contributed by atoms with Crippen molar-refractivity contribution in [3.8, 4) is 21.6 Å². The van der Waals surface area contributed by atoms with E-state index < -0.39 is 11.5 Å². The van der Waals surface area contributed by atoms with Gasteiger partial charge in [0.25, 0.3) is 5.56 Å². The average molecular weight is 379 g/mol. The molecule has 0 bridgehead atoms. The van der Waals surface area contributed by atoms with Crippen LogP contribution in [0.1, 0.15) is 23.0 Å². The number of carbonyl (C=O) groups is 1. The van der Waals surface area contributed by atoms with E-state index in [-0.39, 0.29) is 12.2 Å². The van der Waals surface area contributed by atoms with Gasteiger partial charge < -0.3 is 4.74 Å². The van der Waals surface area contributed by atoms with Crippen molar-refractivity contribution in [3.63, 3.8) is 0 Å². The van der Waals surface area contributed by atoms with E-state index in [1.807, 2.05) is 25.1 Å². The standard InChI is InChI=1S/C20H17N3O3S/c1-3-26-20(25)15-10-21-18-17(12(2)22-23(18)19(15)24)16-9-14(11-27-16)13-7-5-4-6-8-13/h4-11,22H,3H2,1-2H3. The zero-order chi connectivity index (χ0) is 19.0. The fourth-order valence-corrected chi connectivity index (χ4v) is 4.04. The Morgan fingerprint density at radius 2 is 2.04 bits per heavy atom. The number of aromatic nitrogens is 3. The molecule has 6 nitrogen and oxygen atoms in total. The lowest BCUT2D eigenvalue weighted by Gasteiger charge is -2.01. The number of fused-ring (bicyclic) bond motifs is 1. The third kappa shape index (κ3) is 2.96.